The predicted octanol–water partition coefficient (Wildman–Crippen LogP) is -1.02. The van der Waals surface area contributed by atoms with Gasteiger partial charge >= 0.3 is 18.0 Å². The molecule has 0 saturated heterocycles. The van der Waals surface area contributed by atoms with Crippen LogP contribution in [0.15, 0.2) is 40.4 Å². The van der Waals surface area contributed by atoms with Crippen molar-refractivity contribution < 1.29 is 39.0 Å². The van der Waals surface area contributed by atoms with Crippen LogP contribution >= 0.6 is 0 Å². The van der Waals surface area contributed by atoms with Crippen molar-refractivity contribution >= 4 is 52.8 Å². The normalized spacial score (nSPS) is 15.3. The number of amides is 5. The van der Waals surface area contributed by atoms with Crippen LogP contribution in [0.1, 0.15) is 6.92 Å². The highest BCUT2D eigenvalue weighted by Gasteiger charge is 2.41. The summed E-state index contributed by atoms with van der Waals surface area (Å²) < 4.78 is 0. The van der Waals surface area contributed by atoms with E-state index >= 15 is 0 Å². The van der Waals surface area contributed by atoms with Crippen LogP contribution in [-0.2, 0) is 24.0 Å². The van der Waals surface area contributed by atoms with Gasteiger partial charge in [0, 0.05) is 5.69 Å². The van der Waals surface area contributed by atoms with Crippen molar-refractivity contribution in [3.63, 3.8) is 0 Å². The molecule has 1 aromatic carbocycles. The summed E-state index contributed by atoms with van der Waals surface area (Å²) in [5.74, 6) is -6.07. The SMILES string of the molecule is CC1=C(C(N)=O)C(=O)N(C(N)=O)C(=O)C1=Nc1ccc(N(CC(=O)O)CC(=O)O)cc1. The predicted molar refractivity (Wildman–Crippen MR) is 104 cm³/mol. The first-order chi connectivity index (χ1) is 14.4. The Kier molecular flexibility index (Phi) is 6.49. The fourth-order valence-corrected chi connectivity index (χ4v) is 2.80. The Labute approximate surface area is 174 Å². The number of carbonyl (C=O) groups excluding carboxylic acids is 4. The van der Waals surface area contributed by atoms with E-state index in [-0.39, 0.29) is 21.8 Å². The second kappa shape index (κ2) is 8.86. The number of aliphatic carboxylic acids is 2. The molecule has 0 saturated carbocycles. The fraction of sp³-hybridized carbons (Fsp3) is 0.167. The van der Waals surface area contributed by atoms with Crippen LogP contribution in [0.5, 0.6) is 0 Å². The molecular formula is C18H17N5O8. The summed E-state index contributed by atoms with van der Waals surface area (Å²) in [5.41, 5.74) is 9.42. The summed E-state index contributed by atoms with van der Waals surface area (Å²) in [6.07, 6.45) is 0. The molecule has 0 atom stereocenters. The number of nitrogens with two attached hydrogens (primary N) is 2. The Morgan fingerprint density at radius 3 is 1.90 bits per heavy atom. The molecule has 13 nitrogen and oxygen atoms in total. The number of urea groups is 1. The first-order valence-electron chi connectivity index (χ1n) is 8.50. The van der Waals surface area contributed by atoms with Gasteiger partial charge in [-0.3, -0.25) is 24.0 Å². The highest BCUT2D eigenvalue weighted by molar-refractivity contribution is 6.55. The lowest BCUT2D eigenvalue weighted by molar-refractivity contribution is -0.138. The fourth-order valence-electron chi connectivity index (χ4n) is 2.80. The molecular weight excluding hydrogens is 414 g/mol. The zero-order valence-corrected chi connectivity index (χ0v) is 16.1. The first kappa shape index (κ1) is 22.7. The molecule has 0 unspecified atom stereocenters. The molecule has 1 aromatic rings. The molecule has 0 aromatic heterocycles. The largest absolute Gasteiger partial charge is 0.480 e. The minimum Gasteiger partial charge on any atom is -0.480 e. The highest BCUT2D eigenvalue weighted by Crippen LogP contribution is 2.24. The maximum absolute atomic E-state index is 12.5. The van der Waals surface area contributed by atoms with E-state index in [4.69, 9.17) is 21.7 Å². The van der Waals surface area contributed by atoms with E-state index in [0.29, 0.717) is 0 Å². The molecule has 0 aliphatic carbocycles. The number of benzene rings is 1. The Balaban J connectivity index is 2.49. The van der Waals surface area contributed by atoms with E-state index in [2.05, 4.69) is 4.99 Å². The van der Waals surface area contributed by atoms with Crippen LogP contribution in [0.25, 0.3) is 0 Å². The minimum atomic E-state index is -1.41. The monoisotopic (exact) mass is 431 g/mol. The number of imide groups is 3. The van der Waals surface area contributed by atoms with Crippen molar-refractivity contribution in [3.8, 4) is 0 Å². The zero-order valence-electron chi connectivity index (χ0n) is 16.1. The van der Waals surface area contributed by atoms with Gasteiger partial charge in [0.15, 0.2) is 0 Å². The van der Waals surface area contributed by atoms with Crippen molar-refractivity contribution in [1.82, 2.24) is 4.90 Å². The molecule has 1 aliphatic rings. The Morgan fingerprint density at radius 2 is 1.48 bits per heavy atom. The van der Waals surface area contributed by atoms with Crippen molar-refractivity contribution in [2.45, 2.75) is 6.92 Å². The van der Waals surface area contributed by atoms with Gasteiger partial charge in [-0.25, -0.2) is 9.79 Å². The summed E-state index contributed by atoms with van der Waals surface area (Å²) >= 11 is 0. The van der Waals surface area contributed by atoms with Crippen LogP contribution in [0, 0.1) is 0 Å². The van der Waals surface area contributed by atoms with E-state index < -0.39 is 60.1 Å². The minimum absolute atomic E-state index is 0.0434. The lowest BCUT2D eigenvalue weighted by Gasteiger charge is -2.24. The number of nitrogens with zero attached hydrogens (tertiary/aromatic N) is 3. The summed E-state index contributed by atoms with van der Waals surface area (Å²) in [6.45, 7) is 0.110. The number of carbonyl (C=O) groups is 6. The van der Waals surface area contributed by atoms with Gasteiger partial charge in [0.25, 0.3) is 17.7 Å². The third-order valence-corrected chi connectivity index (χ3v) is 4.13. The van der Waals surface area contributed by atoms with Crippen LogP contribution in [0.2, 0.25) is 0 Å². The number of hydrogen-bond donors (Lipinski definition) is 4. The van der Waals surface area contributed by atoms with E-state index in [1.165, 1.54) is 31.2 Å². The molecule has 0 fully saturated rings. The van der Waals surface area contributed by atoms with Crippen molar-refractivity contribution in [1.29, 1.82) is 0 Å². The first-order valence-corrected chi connectivity index (χ1v) is 8.50. The summed E-state index contributed by atoms with van der Waals surface area (Å²) in [4.78, 5) is 75.0. The number of carboxylic acid groups (broad SMARTS) is 2. The van der Waals surface area contributed by atoms with E-state index in [9.17, 15) is 28.8 Å². The summed E-state index contributed by atoms with van der Waals surface area (Å²) in [5, 5.41) is 17.9. The van der Waals surface area contributed by atoms with Gasteiger partial charge < -0.3 is 26.6 Å². The molecule has 0 radical (unpaired) electrons. The average molecular weight is 431 g/mol. The third kappa shape index (κ3) is 4.90. The molecule has 1 heterocycles. The van der Waals surface area contributed by atoms with E-state index in [1.807, 2.05) is 0 Å². The molecule has 2 rings (SSSR count). The standard InChI is InChI=1S/C18H17N5O8/c1-8-13(15(19)28)16(29)23(18(20)31)17(30)14(8)21-9-2-4-10(5-3-9)22(6-11(24)25)7-12(26)27/h2-5H,6-7H2,1H3,(H2,19,28)(H2,20,31)(H,24,25)(H,26,27). The van der Waals surface area contributed by atoms with Crippen LogP contribution in [-0.4, -0.2) is 69.6 Å². The summed E-state index contributed by atoms with van der Waals surface area (Å²) in [6, 6.07) is 4.00. The molecule has 13 heteroatoms. The third-order valence-electron chi connectivity index (χ3n) is 4.13. The maximum atomic E-state index is 12.5. The van der Waals surface area contributed by atoms with Gasteiger partial charge in [-0.1, -0.05) is 0 Å². The number of rotatable bonds is 7. The number of aliphatic imine (C=N–C) groups is 1. The maximum Gasteiger partial charge on any atom is 0.329 e. The second-order valence-corrected chi connectivity index (χ2v) is 6.27. The Bertz CT molecular complexity index is 1040. The van der Waals surface area contributed by atoms with Crippen LogP contribution < -0.4 is 16.4 Å². The number of anilines is 1. The molecule has 0 spiro atoms. The smallest absolute Gasteiger partial charge is 0.329 e. The number of hydrogen-bond acceptors (Lipinski definition) is 8. The van der Waals surface area contributed by atoms with Crippen molar-refractivity contribution in [3.05, 3.63) is 35.4 Å². The zero-order chi connectivity index (χ0) is 23.5. The van der Waals surface area contributed by atoms with Crippen molar-refractivity contribution in [2.75, 3.05) is 18.0 Å². The number of primary amides is 2. The van der Waals surface area contributed by atoms with Gasteiger partial charge in [-0.05, 0) is 36.8 Å². The van der Waals surface area contributed by atoms with Crippen LogP contribution in [0.3, 0.4) is 0 Å². The molecule has 6 N–H and O–H groups in total. The molecule has 0 bridgehead atoms. The molecule has 5 amide bonds. The molecule has 162 valence electrons. The highest BCUT2D eigenvalue weighted by atomic mass is 16.4. The van der Waals surface area contributed by atoms with E-state index in [1.54, 1.807) is 0 Å². The Morgan fingerprint density at radius 1 is 0.968 bits per heavy atom. The van der Waals surface area contributed by atoms with Crippen LogP contribution in [0.4, 0.5) is 16.2 Å². The quantitative estimate of drug-likeness (QED) is 0.307. The molecule has 31 heavy (non-hydrogen) atoms. The van der Waals surface area contributed by atoms with Gasteiger partial charge in [0.2, 0.25) is 0 Å². The lowest BCUT2D eigenvalue weighted by atomic mass is 9.97. The molecule has 1 aliphatic heterocycles. The van der Waals surface area contributed by atoms with Gasteiger partial charge in [0.05, 0.1) is 5.69 Å². The summed E-state index contributed by atoms with van der Waals surface area (Å²) in [7, 11) is 0. The van der Waals surface area contributed by atoms with E-state index in [0.717, 1.165) is 4.90 Å². The van der Waals surface area contributed by atoms with Gasteiger partial charge in [-0.2, -0.15) is 4.90 Å². The average Bonchev–Trinajstić information content (AvgIpc) is 2.63. The van der Waals surface area contributed by atoms with Gasteiger partial charge in [0.1, 0.15) is 24.4 Å². The topological polar surface area (TPSA) is 214 Å². The Hall–Kier alpha value is -4.55. The number of carboxylic acids is 2. The van der Waals surface area contributed by atoms with Gasteiger partial charge in [-0.15, -0.1) is 0 Å². The second-order valence-electron chi connectivity index (χ2n) is 6.27. The lowest BCUT2D eigenvalue weighted by Crippen LogP contribution is -2.53. The van der Waals surface area contributed by atoms with Crippen molar-refractivity contribution in [2.24, 2.45) is 16.5 Å².